The molecular formula is C12H15F3N2O2. The Morgan fingerprint density at radius 2 is 1.89 bits per heavy atom. The molecule has 0 saturated heterocycles. The van der Waals surface area contributed by atoms with Crippen LogP contribution >= 0.6 is 0 Å². The largest absolute Gasteiger partial charge is 0.396 e. The summed E-state index contributed by atoms with van der Waals surface area (Å²) in [5.41, 5.74) is -0.178. The lowest BCUT2D eigenvalue weighted by molar-refractivity contribution is 0.245. The van der Waals surface area contributed by atoms with Crippen LogP contribution in [-0.4, -0.2) is 23.8 Å². The van der Waals surface area contributed by atoms with E-state index in [1.54, 1.807) is 6.92 Å². The van der Waals surface area contributed by atoms with Crippen molar-refractivity contribution in [1.29, 1.82) is 0 Å². The molecule has 3 N–H and O–H groups in total. The zero-order valence-electron chi connectivity index (χ0n) is 10.3. The maximum atomic E-state index is 12.9. The number of benzene rings is 1. The van der Waals surface area contributed by atoms with Crippen LogP contribution in [0.25, 0.3) is 0 Å². The molecule has 0 aromatic heterocycles. The van der Waals surface area contributed by atoms with Gasteiger partial charge in [0.25, 0.3) is 0 Å². The number of hydrogen-bond acceptors (Lipinski definition) is 2. The third kappa shape index (κ3) is 4.78. The highest BCUT2D eigenvalue weighted by atomic mass is 19.2. The van der Waals surface area contributed by atoms with E-state index in [0.29, 0.717) is 25.0 Å². The first-order chi connectivity index (χ1) is 8.93. The van der Waals surface area contributed by atoms with E-state index in [9.17, 15) is 18.0 Å². The zero-order valence-corrected chi connectivity index (χ0v) is 10.3. The first kappa shape index (κ1) is 15.3. The van der Waals surface area contributed by atoms with Gasteiger partial charge >= 0.3 is 6.03 Å². The van der Waals surface area contributed by atoms with Crippen molar-refractivity contribution in [1.82, 2.24) is 5.32 Å². The van der Waals surface area contributed by atoms with Crippen LogP contribution in [0.4, 0.5) is 23.7 Å². The van der Waals surface area contributed by atoms with Gasteiger partial charge in [0.15, 0.2) is 17.5 Å². The van der Waals surface area contributed by atoms with E-state index < -0.39 is 23.5 Å². The van der Waals surface area contributed by atoms with Crippen LogP contribution in [0.3, 0.4) is 0 Å². The molecule has 19 heavy (non-hydrogen) atoms. The number of halogens is 3. The monoisotopic (exact) mass is 276 g/mol. The number of carbonyl (C=O) groups excluding carboxylic acids is 1. The number of anilines is 1. The minimum atomic E-state index is -1.58. The SMILES string of the molecule is CC(CCCO)NC(=O)Nc1cc(F)c(F)c(F)c1. The lowest BCUT2D eigenvalue weighted by Crippen LogP contribution is -2.36. The molecule has 0 saturated carbocycles. The molecule has 0 radical (unpaired) electrons. The Morgan fingerprint density at radius 3 is 2.42 bits per heavy atom. The molecule has 106 valence electrons. The summed E-state index contributed by atoms with van der Waals surface area (Å²) >= 11 is 0. The van der Waals surface area contributed by atoms with Gasteiger partial charge in [-0.2, -0.15) is 0 Å². The van der Waals surface area contributed by atoms with Crippen LogP contribution in [0.1, 0.15) is 19.8 Å². The third-order valence-corrected chi connectivity index (χ3v) is 2.41. The van der Waals surface area contributed by atoms with Gasteiger partial charge in [0.1, 0.15) is 0 Å². The number of urea groups is 1. The van der Waals surface area contributed by atoms with Crippen LogP contribution in [0.2, 0.25) is 0 Å². The zero-order chi connectivity index (χ0) is 14.4. The van der Waals surface area contributed by atoms with E-state index in [0.717, 1.165) is 0 Å². The minimum absolute atomic E-state index is 0.0159. The van der Waals surface area contributed by atoms with Crippen molar-refractivity contribution in [3.05, 3.63) is 29.6 Å². The number of carbonyl (C=O) groups is 1. The fourth-order valence-electron chi connectivity index (χ4n) is 1.49. The normalized spacial score (nSPS) is 12.1. The fourth-order valence-corrected chi connectivity index (χ4v) is 1.49. The fraction of sp³-hybridized carbons (Fsp3) is 0.417. The van der Waals surface area contributed by atoms with Gasteiger partial charge in [-0.1, -0.05) is 0 Å². The van der Waals surface area contributed by atoms with Gasteiger partial charge < -0.3 is 15.7 Å². The summed E-state index contributed by atoms with van der Waals surface area (Å²) in [7, 11) is 0. The molecule has 4 nitrogen and oxygen atoms in total. The highest BCUT2D eigenvalue weighted by Gasteiger charge is 2.13. The molecule has 1 rings (SSSR count). The molecule has 2 amide bonds. The molecule has 1 atom stereocenters. The van der Waals surface area contributed by atoms with Gasteiger partial charge in [-0.25, -0.2) is 18.0 Å². The molecular weight excluding hydrogens is 261 g/mol. The Bertz CT molecular complexity index is 432. The van der Waals surface area contributed by atoms with Gasteiger partial charge in [0.05, 0.1) is 0 Å². The van der Waals surface area contributed by atoms with E-state index >= 15 is 0 Å². The van der Waals surface area contributed by atoms with Gasteiger partial charge in [-0.15, -0.1) is 0 Å². The average Bonchev–Trinajstić information content (AvgIpc) is 2.33. The van der Waals surface area contributed by atoms with Crippen molar-refractivity contribution < 1.29 is 23.1 Å². The second-order valence-corrected chi connectivity index (χ2v) is 4.12. The molecule has 0 bridgehead atoms. The van der Waals surface area contributed by atoms with Crippen LogP contribution in [0, 0.1) is 17.5 Å². The molecule has 0 heterocycles. The van der Waals surface area contributed by atoms with Crippen LogP contribution < -0.4 is 10.6 Å². The lowest BCUT2D eigenvalue weighted by Gasteiger charge is -2.14. The predicted octanol–water partition coefficient (Wildman–Crippen LogP) is 2.39. The van der Waals surface area contributed by atoms with Gasteiger partial charge in [-0.3, -0.25) is 0 Å². The number of hydrogen-bond donors (Lipinski definition) is 3. The topological polar surface area (TPSA) is 61.4 Å². The molecule has 1 aromatic carbocycles. The first-order valence-corrected chi connectivity index (χ1v) is 5.77. The van der Waals surface area contributed by atoms with Gasteiger partial charge in [0, 0.05) is 30.5 Å². The van der Waals surface area contributed by atoms with Crippen LogP contribution in [-0.2, 0) is 0 Å². The maximum absolute atomic E-state index is 12.9. The number of amides is 2. The molecule has 0 aliphatic carbocycles. The molecule has 0 spiro atoms. The van der Waals surface area contributed by atoms with Crippen molar-refractivity contribution in [3.63, 3.8) is 0 Å². The summed E-state index contributed by atoms with van der Waals surface area (Å²) in [6.07, 6.45) is 1.09. The highest BCUT2D eigenvalue weighted by Crippen LogP contribution is 2.17. The number of aliphatic hydroxyl groups is 1. The van der Waals surface area contributed by atoms with E-state index in [4.69, 9.17) is 5.11 Å². The van der Waals surface area contributed by atoms with E-state index in [2.05, 4.69) is 10.6 Å². The summed E-state index contributed by atoms with van der Waals surface area (Å²) in [6, 6.07) is 0.519. The quantitative estimate of drug-likeness (QED) is 0.723. The Kier molecular flexibility index (Phi) is 5.62. The predicted molar refractivity (Wildman–Crippen MR) is 64.3 cm³/mol. The van der Waals surface area contributed by atoms with Gasteiger partial charge in [-0.05, 0) is 19.8 Å². The smallest absolute Gasteiger partial charge is 0.319 e. The Hall–Kier alpha value is -1.76. The summed E-state index contributed by atoms with van der Waals surface area (Å²) in [4.78, 5) is 11.5. The second-order valence-electron chi connectivity index (χ2n) is 4.12. The molecule has 0 fully saturated rings. The van der Waals surface area contributed by atoms with Crippen molar-refractivity contribution >= 4 is 11.7 Å². The van der Waals surface area contributed by atoms with Crippen molar-refractivity contribution in [3.8, 4) is 0 Å². The molecule has 1 unspecified atom stereocenters. The van der Waals surface area contributed by atoms with E-state index in [1.807, 2.05) is 0 Å². The Balaban J connectivity index is 2.57. The van der Waals surface area contributed by atoms with E-state index in [1.165, 1.54) is 0 Å². The van der Waals surface area contributed by atoms with Crippen LogP contribution in [0.5, 0.6) is 0 Å². The number of aliphatic hydroxyl groups excluding tert-OH is 1. The summed E-state index contributed by atoms with van der Waals surface area (Å²) < 4.78 is 38.5. The van der Waals surface area contributed by atoms with Crippen molar-refractivity contribution in [2.45, 2.75) is 25.8 Å². The molecule has 1 aromatic rings. The molecule has 0 aliphatic heterocycles. The van der Waals surface area contributed by atoms with Crippen molar-refractivity contribution in [2.75, 3.05) is 11.9 Å². The first-order valence-electron chi connectivity index (χ1n) is 5.77. The summed E-state index contributed by atoms with van der Waals surface area (Å²) in [5.74, 6) is -4.32. The summed E-state index contributed by atoms with van der Waals surface area (Å²) in [6.45, 7) is 1.74. The Labute approximate surface area is 108 Å². The molecule has 7 heteroatoms. The summed E-state index contributed by atoms with van der Waals surface area (Å²) in [5, 5.41) is 13.3. The maximum Gasteiger partial charge on any atom is 0.319 e. The highest BCUT2D eigenvalue weighted by molar-refractivity contribution is 5.89. The lowest BCUT2D eigenvalue weighted by atomic mass is 10.2. The van der Waals surface area contributed by atoms with Gasteiger partial charge in [0.2, 0.25) is 0 Å². The minimum Gasteiger partial charge on any atom is -0.396 e. The van der Waals surface area contributed by atoms with E-state index in [-0.39, 0.29) is 18.3 Å². The number of rotatable bonds is 5. The molecule has 0 aliphatic rings. The standard InChI is InChI=1S/C12H15F3N2O2/c1-7(3-2-4-18)16-12(19)17-8-5-9(13)11(15)10(14)6-8/h5-7,18H,2-4H2,1H3,(H2,16,17,19). The van der Waals surface area contributed by atoms with Crippen molar-refractivity contribution in [2.24, 2.45) is 0 Å². The second kappa shape index (κ2) is 6.98. The third-order valence-electron chi connectivity index (χ3n) is 2.41. The Morgan fingerprint density at radius 1 is 1.32 bits per heavy atom. The number of nitrogens with one attached hydrogen (secondary N) is 2. The average molecular weight is 276 g/mol. The van der Waals surface area contributed by atoms with Crippen LogP contribution in [0.15, 0.2) is 12.1 Å².